The molecule has 0 aliphatic carbocycles. The maximum atomic E-state index is 12.2. The van der Waals surface area contributed by atoms with Crippen molar-refractivity contribution in [3.05, 3.63) is 111 Å². The van der Waals surface area contributed by atoms with E-state index in [1.165, 1.54) is 5.56 Å². The van der Waals surface area contributed by atoms with E-state index >= 15 is 0 Å². The average Bonchev–Trinajstić information content (AvgIpc) is 3.46. The SMILES string of the molecule is CCN(c1c(S)c(=O)c1=O)C1CCN(Cc2ccc(-n3c(-c4cccnc4N)nc4ccc(-c5ccccc5)nc43)cc2)CC1. The molecule has 0 atom stereocenters. The Morgan fingerprint density at radius 3 is 2.36 bits per heavy atom. The second-order valence-electron chi connectivity index (χ2n) is 11.4. The van der Waals surface area contributed by atoms with Crippen LogP contribution in [0.15, 0.2) is 99.5 Å². The third-order valence-electron chi connectivity index (χ3n) is 8.74. The Labute approximate surface area is 266 Å². The van der Waals surface area contributed by atoms with Gasteiger partial charge in [0.05, 0.1) is 16.2 Å². The van der Waals surface area contributed by atoms with Gasteiger partial charge in [-0.3, -0.25) is 19.1 Å². The molecule has 3 aromatic carbocycles. The van der Waals surface area contributed by atoms with E-state index in [4.69, 9.17) is 15.7 Å². The van der Waals surface area contributed by atoms with Crippen LogP contribution in [-0.4, -0.2) is 50.1 Å². The highest BCUT2D eigenvalue weighted by atomic mass is 32.1. The number of thiol groups is 1. The molecule has 0 unspecified atom stereocenters. The van der Waals surface area contributed by atoms with Crippen LogP contribution in [0, 0.1) is 0 Å². The van der Waals surface area contributed by atoms with E-state index in [0.717, 1.165) is 66.1 Å². The molecule has 10 heteroatoms. The molecule has 9 nitrogen and oxygen atoms in total. The third kappa shape index (κ3) is 5.30. The van der Waals surface area contributed by atoms with E-state index in [1.807, 2.05) is 49.4 Å². The predicted molar refractivity (Wildman–Crippen MR) is 182 cm³/mol. The molecule has 1 saturated heterocycles. The van der Waals surface area contributed by atoms with Gasteiger partial charge in [-0.2, -0.15) is 0 Å². The standard InChI is InChI=1S/C35H33N7O2S/c1-2-41(29-30(43)31(44)32(29)45)24-16-19-40(20-17-24)21-22-10-12-25(13-11-22)42-34(26-9-6-18-37-33(26)36)39-28-15-14-27(38-35(28)42)23-7-4-3-5-8-23/h3-15,18,24,45H,2,16-17,19-21H2,1H3,(H2,36,37). The van der Waals surface area contributed by atoms with E-state index in [1.54, 1.807) is 6.20 Å². The summed E-state index contributed by atoms with van der Waals surface area (Å²) >= 11 is 4.27. The van der Waals surface area contributed by atoms with Gasteiger partial charge in [0, 0.05) is 49.7 Å². The first kappa shape index (κ1) is 28.9. The Hall–Kier alpha value is -4.80. The van der Waals surface area contributed by atoms with Crippen molar-refractivity contribution >= 4 is 35.3 Å². The lowest BCUT2D eigenvalue weighted by Gasteiger charge is -2.39. The Balaban J connectivity index is 1.14. The smallest absolute Gasteiger partial charge is 0.251 e. The highest BCUT2D eigenvalue weighted by Gasteiger charge is 2.30. The maximum absolute atomic E-state index is 12.2. The highest BCUT2D eigenvalue weighted by molar-refractivity contribution is 7.80. The molecule has 0 amide bonds. The fourth-order valence-corrected chi connectivity index (χ4v) is 6.72. The maximum Gasteiger partial charge on any atom is 0.251 e. The summed E-state index contributed by atoms with van der Waals surface area (Å²) in [6, 6.07) is 26.6. The molecule has 0 saturated carbocycles. The monoisotopic (exact) mass is 615 g/mol. The molecule has 226 valence electrons. The van der Waals surface area contributed by atoms with E-state index in [2.05, 4.69) is 68.4 Å². The molecule has 1 aliphatic rings. The van der Waals surface area contributed by atoms with Crippen molar-refractivity contribution < 1.29 is 0 Å². The van der Waals surface area contributed by atoms with E-state index in [0.29, 0.717) is 28.8 Å². The van der Waals surface area contributed by atoms with Crippen LogP contribution in [0.5, 0.6) is 0 Å². The van der Waals surface area contributed by atoms with Crippen molar-refractivity contribution in [1.82, 2.24) is 24.4 Å². The van der Waals surface area contributed by atoms with Crippen LogP contribution in [-0.2, 0) is 6.54 Å². The Kier molecular flexibility index (Phi) is 7.68. The minimum atomic E-state index is -0.472. The molecule has 7 rings (SSSR count). The van der Waals surface area contributed by atoms with E-state index < -0.39 is 10.9 Å². The predicted octanol–water partition coefficient (Wildman–Crippen LogP) is 5.11. The van der Waals surface area contributed by atoms with Crippen molar-refractivity contribution in [3.63, 3.8) is 0 Å². The summed E-state index contributed by atoms with van der Waals surface area (Å²) in [4.78, 5) is 43.0. The number of aromatic nitrogens is 4. The second kappa shape index (κ2) is 11.9. The van der Waals surface area contributed by atoms with Gasteiger partial charge in [0.1, 0.15) is 17.0 Å². The number of nitrogens with two attached hydrogens (primary N) is 1. The van der Waals surface area contributed by atoms with Crippen molar-refractivity contribution in [2.75, 3.05) is 30.3 Å². The molecular formula is C35H33N7O2S. The summed E-state index contributed by atoms with van der Waals surface area (Å²) < 4.78 is 2.06. The minimum absolute atomic E-state index is 0.226. The Morgan fingerprint density at radius 2 is 1.67 bits per heavy atom. The van der Waals surface area contributed by atoms with Crippen LogP contribution >= 0.6 is 12.6 Å². The van der Waals surface area contributed by atoms with E-state index in [-0.39, 0.29) is 6.04 Å². The molecule has 0 spiro atoms. The van der Waals surface area contributed by atoms with Crippen LogP contribution in [0.1, 0.15) is 25.3 Å². The van der Waals surface area contributed by atoms with Crippen LogP contribution in [0.3, 0.4) is 0 Å². The fourth-order valence-electron chi connectivity index (χ4n) is 6.39. The minimum Gasteiger partial charge on any atom is -0.383 e. The quantitative estimate of drug-likeness (QED) is 0.180. The topological polar surface area (TPSA) is 110 Å². The van der Waals surface area contributed by atoms with Gasteiger partial charge >= 0.3 is 0 Å². The number of rotatable bonds is 8. The lowest BCUT2D eigenvalue weighted by Crippen LogP contribution is -2.50. The first-order chi connectivity index (χ1) is 21.9. The number of anilines is 2. The van der Waals surface area contributed by atoms with Crippen LogP contribution in [0.2, 0.25) is 0 Å². The molecule has 3 aromatic heterocycles. The number of hydrogen-bond donors (Lipinski definition) is 2. The molecule has 45 heavy (non-hydrogen) atoms. The molecule has 0 bridgehead atoms. The third-order valence-corrected chi connectivity index (χ3v) is 9.16. The number of piperidine rings is 1. The fraction of sp³-hybridized carbons (Fsp3) is 0.229. The van der Waals surface area contributed by atoms with Gasteiger partial charge in [-0.1, -0.05) is 42.5 Å². The molecule has 6 aromatic rings. The Morgan fingerprint density at radius 1 is 0.911 bits per heavy atom. The highest BCUT2D eigenvalue weighted by Crippen LogP contribution is 2.32. The summed E-state index contributed by atoms with van der Waals surface area (Å²) in [6.45, 7) is 5.34. The number of hydrogen-bond acceptors (Lipinski definition) is 9. The van der Waals surface area contributed by atoms with Crippen LogP contribution in [0.25, 0.3) is 39.5 Å². The van der Waals surface area contributed by atoms with Crippen molar-refractivity contribution in [2.45, 2.75) is 37.2 Å². The number of nitrogen functional groups attached to an aromatic ring is 1. The van der Waals surface area contributed by atoms with Gasteiger partial charge in [0.2, 0.25) is 5.43 Å². The summed E-state index contributed by atoms with van der Waals surface area (Å²) in [5.74, 6) is 1.10. The van der Waals surface area contributed by atoms with Crippen LogP contribution in [0.4, 0.5) is 11.5 Å². The number of fused-ring (bicyclic) bond motifs is 1. The molecule has 2 N–H and O–H groups in total. The summed E-state index contributed by atoms with van der Waals surface area (Å²) in [5, 5.41) is 0. The van der Waals surface area contributed by atoms with Gasteiger partial charge in [-0.05, 0) is 61.7 Å². The zero-order valence-corrected chi connectivity index (χ0v) is 25.8. The normalized spacial score (nSPS) is 14.4. The molecule has 1 aliphatic heterocycles. The lowest BCUT2D eigenvalue weighted by molar-refractivity contribution is 0.201. The molecular weight excluding hydrogens is 582 g/mol. The van der Waals surface area contributed by atoms with Gasteiger partial charge in [-0.25, -0.2) is 15.0 Å². The molecule has 4 heterocycles. The largest absolute Gasteiger partial charge is 0.383 e. The second-order valence-corrected chi connectivity index (χ2v) is 11.9. The van der Waals surface area contributed by atoms with Gasteiger partial charge < -0.3 is 10.6 Å². The van der Waals surface area contributed by atoms with Gasteiger partial charge in [0.25, 0.3) is 5.43 Å². The summed E-state index contributed by atoms with van der Waals surface area (Å²) in [5.41, 5.74) is 12.2. The first-order valence-electron chi connectivity index (χ1n) is 15.2. The first-order valence-corrected chi connectivity index (χ1v) is 15.6. The van der Waals surface area contributed by atoms with Crippen molar-refractivity contribution in [2.24, 2.45) is 0 Å². The number of benzene rings is 2. The number of pyridine rings is 2. The van der Waals surface area contributed by atoms with Crippen LogP contribution < -0.4 is 21.5 Å². The zero-order chi connectivity index (χ0) is 31.1. The number of imidazole rings is 1. The van der Waals surface area contributed by atoms with Crippen molar-refractivity contribution in [1.29, 1.82) is 0 Å². The summed E-state index contributed by atoms with van der Waals surface area (Å²) in [7, 11) is 0. The average molecular weight is 616 g/mol. The summed E-state index contributed by atoms with van der Waals surface area (Å²) in [6.07, 6.45) is 3.52. The van der Waals surface area contributed by atoms with Gasteiger partial charge in [-0.15, -0.1) is 12.6 Å². The zero-order valence-electron chi connectivity index (χ0n) is 24.9. The lowest BCUT2D eigenvalue weighted by atomic mass is 10.0. The molecule has 0 radical (unpaired) electrons. The Bertz CT molecular complexity index is 2060. The number of likely N-dealkylation sites (tertiary alicyclic amines) is 1. The molecule has 1 fully saturated rings. The van der Waals surface area contributed by atoms with Crippen molar-refractivity contribution in [3.8, 4) is 28.3 Å². The van der Waals surface area contributed by atoms with Gasteiger partial charge in [0.15, 0.2) is 11.5 Å². The van der Waals surface area contributed by atoms with E-state index in [9.17, 15) is 9.59 Å². The number of nitrogens with zero attached hydrogens (tertiary/aromatic N) is 6.